The lowest BCUT2D eigenvalue weighted by molar-refractivity contribution is 0.295. The van der Waals surface area contributed by atoms with E-state index >= 15 is 0 Å². The number of thioether (sulfide) groups is 1. The van der Waals surface area contributed by atoms with Crippen molar-refractivity contribution in [1.29, 1.82) is 0 Å². The molecule has 5 nitrogen and oxygen atoms in total. The van der Waals surface area contributed by atoms with E-state index in [1.54, 1.807) is 28.6 Å². The monoisotopic (exact) mass is 465 g/mol. The zero-order chi connectivity index (χ0) is 22.8. The van der Waals surface area contributed by atoms with Crippen molar-refractivity contribution in [3.8, 4) is 0 Å². The molecule has 1 fully saturated rings. The van der Waals surface area contributed by atoms with Gasteiger partial charge < -0.3 is 10.2 Å². The molecule has 1 saturated heterocycles. The highest BCUT2D eigenvalue weighted by atomic mass is 32.2. The highest BCUT2D eigenvalue weighted by Gasteiger charge is 2.50. The SMILES string of the molecule is CC(C)(C)[Si](OC[C@H]1CC[C@@H](n2ccc(N)nc2=O)S1)(c1ccccc1)c1ccccc1. The van der Waals surface area contributed by atoms with Gasteiger partial charge in [-0.15, -0.1) is 11.8 Å². The molecule has 1 aromatic heterocycles. The fraction of sp³-hybridized carbons (Fsp3) is 0.360. The molecule has 0 aliphatic carbocycles. The molecule has 2 aromatic carbocycles. The first-order chi connectivity index (χ1) is 15.3. The normalized spacial score (nSPS) is 19.2. The Morgan fingerprint density at radius 1 is 1.03 bits per heavy atom. The summed E-state index contributed by atoms with van der Waals surface area (Å²) in [7, 11) is -2.55. The maximum absolute atomic E-state index is 12.3. The van der Waals surface area contributed by atoms with Crippen molar-refractivity contribution in [1.82, 2.24) is 9.55 Å². The molecule has 2 heterocycles. The summed E-state index contributed by atoms with van der Waals surface area (Å²) in [5, 5.41) is 2.93. The lowest BCUT2D eigenvalue weighted by Gasteiger charge is -2.43. The maximum Gasteiger partial charge on any atom is 0.350 e. The number of aromatic nitrogens is 2. The summed E-state index contributed by atoms with van der Waals surface area (Å²) in [5.41, 5.74) is 5.37. The molecule has 0 saturated carbocycles. The summed E-state index contributed by atoms with van der Waals surface area (Å²) >= 11 is 1.80. The molecule has 3 aromatic rings. The van der Waals surface area contributed by atoms with E-state index in [0.29, 0.717) is 11.9 Å². The predicted molar refractivity (Wildman–Crippen MR) is 136 cm³/mol. The quantitative estimate of drug-likeness (QED) is 0.561. The molecule has 0 unspecified atom stereocenters. The van der Waals surface area contributed by atoms with Crippen LogP contribution in [0.15, 0.2) is 77.7 Å². The summed E-state index contributed by atoms with van der Waals surface area (Å²) in [4.78, 5) is 16.2. The van der Waals surface area contributed by atoms with Crippen LogP contribution in [0.1, 0.15) is 39.0 Å². The van der Waals surface area contributed by atoms with E-state index in [4.69, 9.17) is 10.2 Å². The highest BCUT2D eigenvalue weighted by Crippen LogP contribution is 2.42. The van der Waals surface area contributed by atoms with Crippen molar-refractivity contribution in [3.05, 3.63) is 83.4 Å². The molecule has 7 heteroatoms. The standard InChI is InChI=1S/C25H31N3O2SSi/c1-25(2,3)32(20-10-6-4-7-11-20,21-12-8-5-9-13-21)30-18-19-14-15-23(31-19)28-17-16-22(26)27-24(28)29/h4-13,16-17,19,23H,14-15,18H2,1-3H3,(H2,26,27,29)/t19-,23+/m1/s1. The van der Waals surface area contributed by atoms with Gasteiger partial charge in [0.2, 0.25) is 0 Å². The van der Waals surface area contributed by atoms with E-state index in [0.717, 1.165) is 12.8 Å². The Morgan fingerprint density at radius 3 is 2.16 bits per heavy atom. The minimum atomic E-state index is -2.55. The van der Waals surface area contributed by atoms with Crippen LogP contribution in [-0.2, 0) is 4.43 Å². The Hall–Kier alpha value is -2.35. The third kappa shape index (κ3) is 4.42. The third-order valence-electron chi connectivity index (χ3n) is 6.15. The topological polar surface area (TPSA) is 70.1 Å². The van der Waals surface area contributed by atoms with Crippen LogP contribution in [0.5, 0.6) is 0 Å². The third-order valence-corrected chi connectivity index (χ3v) is 12.7. The van der Waals surface area contributed by atoms with Gasteiger partial charge in [-0.25, -0.2) is 4.79 Å². The Bertz CT molecular complexity index is 1060. The van der Waals surface area contributed by atoms with E-state index < -0.39 is 8.32 Å². The number of hydrogen-bond acceptors (Lipinski definition) is 5. The van der Waals surface area contributed by atoms with Crippen LogP contribution >= 0.6 is 11.8 Å². The van der Waals surface area contributed by atoms with Gasteiger partial charge in [0, 0.05) is 18.1 Å². The molecule has 0 bridgehead atoms. The maximum atomic E-state index is 12.3. The summed E-state index contributed by atoms with van der Waals surface area (Å²) < 4.78 is 8.78. The molecule has 168 valence electrons. The van der Waals surface area contributed by atoms with Gasteiger partial charge in [-0.3, -0.25) is 4.57 Å². The zero-order valence-corrected chi connectivity index (χ0v) is 20.7. The second-order valence-corrected chi connectivity index (χ2v) is 15.1. The van der Waals surface area contributed by atoms with Gasteiger partial charge >= 0.3 is 5.69 Å². The Balaban J connectivity index is 1.61. The second kappa shape index (κ2) is 9.25. The number of rotatable bonds is 6. The molecular formula is C25H31N3O2SSi. The largest absolute Gasteiger partial charge is 0.406 e. The second-order valence-electron chi connectivity index (χ2n) is 9.31. The van der Waals surface area contributed by atoms with Crippen LogP contribution in [0.3, 0.4) is 0 Å². The fourth-order valence-electron chi connectivity index (χ4n) is 4.64. The molecule has 2 atom stereocenters. The lowest BCUT2D eigenvalue weighted by atomic mass is 10.2. The lowest BCUT2D eigenvalue weighted by Crippen LogP contribution is -2.67. The van der Waals surface area contributed by atoms with Crippen LogP contribution in [0.2, 0.25) is 5.04 Å². The number of anilines is 1. The zero-order valence-electron chi connectivity index (χ0n) is 18.9. The van der Waals surface area contributed by atoms with E-state index in [2.05, 4.69) is 86.4 Å². The Morgan fingerprint density at radius 2 is 1.62 bits per heavy atom. The van der Waals surface area contributed by atoms with Crippen molar-refractivity contribution in [3.63, 3.8) is 0 Å². The summed E-state index contributed by atoms with van der Waals surface area (Å²) in [6.45, 7) is 7.54. The molecule has 0 amide bonds. The number of nitrogens with two attached hydrogens (primary N) is 1. The molecule has 1 aliphatic heterocycles. The molecule has 0 spiro atoms. The van der Waals surface area contributed by atoms with Gasteiger partial charge in [-0.05, 0) is 34.3 Å². The van der Waals surface area contributed by atoms with Crippen LogP contribution < -0.4 is 21.8 Å². The van der Waals surface area contributed by atoms with Crippen LogP contribution in [-0.4, -0.2) is 29.7 Å². The Labute approximate surface area is 195 Å². The van der Waals surface area contributed by atoms with E-state index in [-0.39, 0.29) is 21.9 Å². The van der Waals surface area contributed by atoms with Gasteiger partial charge in [0.05, 0.1) is 5.37 Å². The summed E-state index contributed by atoms with van der Waals surface area (Å²) in [5.74, 6) is 0.265. The first kappa shape index (κ1) is 22.8. The van der Waals surface area contributed by atoms with Crippen LogP contribution in [0.4, 0.5) is 5.82 Å². The van der Waals surface area contributed by atoms with E-state index in [9.17, 15) is 4.79 Å². The highest BCUT2D eigenvalue weighted by molar-refractivity contribution is 8.00. The van der Waals surface area contributed by atoms with Gasteiger partial charge in [-0.1, -0.05) is 81.4 Å². The summed E-state index contributed by atoms with van der Waals surface area (Å²) in [6.07, 6.45) is 3.68. The first-order valence-corrected chi connectivity index (χ1v) is 13.9. The van der Waals surface area contributed by atoms with Gasteiger partial charge in [0.15, 0.2) is 0 Å². The molecule has 2 N–H and O–H groups in total. The molecule has 0 radical (unpaired) electrons. The van der Waals surface area contributed by atoms with Crippen molar-refractivity contribution >= 4 is 36.3 Å². The smallest absolute Gasteiger partial charge is 0.350 e. The molecule has 32 heavy (non-hydrogen) atoms. The van der Waals surface area contributed by atoms with Crippen LogP contribution in [0.25, 0.3) is 0 Å². The van der Waals surface area contributed by atoms with Gasteiger partial charge in [-0.2, -0.15) is 4.98 Å². The number of nitrogens with zero attached hydrogens (tertiary/aromatic N) is 2. The predicted octanol–water partition coefficient (Wildman–Crippen LogP) is 3.80. The number of benzene rings is 2. The molecule has 4 rings (SSSR count). The van der Waals surface area contributed by atoms with Crippen molar-refractivity contribution < 1.29 is 4.43 Å². The van der Waals surface area contributed by atoms with E-state index in [1.165, 1.54) is 10.4 Å². The molecule has 1 aliphatic rings. The molecular weight excluding hydrogens is 434 g/mol. The van der Waals surface area contributed by atoms with Gasteiger partial charge in [0.25, 0.3) is 8.32 Å². The minimum absolute atomic E-state index is 0.0454. The average Bonchev–Trinajstić information content (AvgIpc) is 3.23. The van der Waals surface area contributed by atoms with Crippen molar-refractivity contribution in [2.24, 2.45) is 0 Å². The minimum Gasteiger partial charge on any atom is -0.406 e. The summed E-state index contributed by atoms with van der Waals surface area (Å²) in [6, 6.07) is 23.1. The average molecular weight is 466 g/mol. The van der Waals surface area contributed by atoms with Crippen LogP contribution in [0, 0.1) is 0 Å². The van der Waals surface area contributed by atoms with Crippen molar-refractivity contribution in [2.45, 2.75) is 49.3 Å². The van der Waals surface area contributed by atoms with E-state index in [1.807, 2.05) is 0 Å². The van der Waals surface area contributed by atoms with Gasteiger partial charge in [0.1, 0.15) is 5.82 Å². The fourth-order valence-corrected chi connectivity index (χ4v) is 10.8. The first-order valence-electron chi connectivity index (χ1n) is 11.1. The number of hydrogen-bond donors (Lipinski definition) is 1. The number of nitrogen functional groups attached to an aromatic ring is 1. The van der Waals surface area contributed by atoms with Crippen molar-refractivity contribution in [2.75, 3.05) is 12.3 Å². The Kier molecular flexibility index (Phi) is 6.60.